The van der Waals surface area contributed by atoms with Crippen LogP contribution in [0.3, 0.4) is 0 Å². The third kappa shape index (κ3) is 3.28. The molecule has 1 aliphatic heterocycles. The van der Waals surface area contributed by atoms with E-state index >= 15 is 0 Å². The number of halogens is 1. The molecule has 2 heterocycles. The number of anilines is 1. The molecule has 5 heteroatoms. The van der Waals surface area contributed by atoms with Crippen molar-refractivity contribution in [3.8, 4) is 0 Å². The van der Waals surface area contributed by atoms with Gasteiger partial charge in [0.25, 0.3) is 0 Å². The Balaban J connectivity index is 1.62. The van der Waals surface area contributed by atoms with Gasteiger partial charge in [-0.1, -0.05) is 11.6 Å². The Hall–Kier alpha value is -1.36. The summed E-state index contributed by atoms with van der Waals surface area (Å²) in [6.45, 7) is 3.52. The average Bonchev–Trinajstić information content (AvgIpc) is 2.94. The molecule has 0 spiro atoms. The van der Waals surface area contributed by atoms with Crippen LogP contribution in [0.5, 0.6) is 0 Å². The number of benzene rings is 1. The lowest BCUT2D eigenvalue weighted by Gasteiger charge is -2.32. The molecule has 3 nitrogen and oxygen atoms in total. The average molecular weight is 321 g/mol. The molecule has 1 N–H and O–H groups in total. The zero-order chi connectivity index (χ0) is 14.8. The van der Waals surface area contributed by atoms with Crippen molar-refractivity contribution in [1.29, 1.82) is 0 Å². The van der Waals surface area contributed by atoms with Crippen molar-refractivity contribution in [2.75, 3.05) is 18.4 Å². The van der Waals surface area contributed by atoms with Crippen molar-refractivity contribution in [2.24, 2.45) is 0 Å². The first kappa shape index (κ1) is 14.6. The van der Waals surface area contributed by atoms with Crippen molar-refractivity contribution in [2.45, 2.75) is 19.4 Å². The van der Waals surface area contributed by atoms with Crippen LogP contribution in [0.2, 0.25) is 5.02 Å². The predicted molar refractivity (Wildman–Crippen MR) is 88.1 cm³/mol. The first-order valence-electron chi connectivity index (χ1n) is 6.99. The van der Waals surface area contributed by atoms with E-state index in [0.29, 0.717) is 17.6 Å². The number of carbonyl (C=O) groups excluding carboxylic acids is 1. The van der Waals surface area contributed by atoms with Gasteiger partial charge >= 0.3 is 0 Å². The second-order valence-corrected chi connectivity index (χ2v) is 6.69. The highest BCUT2D eigenvalue weighted by Gasteiger charge is 2.25. The van der Waals surface area contributed by atoms with Gasteiger partial charge < -0.3 is 5.32 Å². The molecule has 0 fully saturated rings. The molecule has 1 aromatic carbocycles. The minimum atomic E-state index is 0.0165. The molecule has 1 atom stereocenters. The largest absolute Gasteiger partial charge is 0.325 e. The molecule has 0 bridgehead atoms. The first-order chi connectivity index (χ1) is 10.1. The van der Waals surface area contributed by atoms with Crippen molar-refractivity contribution >= 4 is 34.5 Å². The Bertz CT molecular complexity index is 638. The summed E-state index contributed by atoms with van der Waals surface area (Å²) in [5.41, 5.74) is 2.15. The van der Waals surface area contributed by atoms with Gasteiger partial charge in [-0.2, -0.15) is 0 Å². The van der Waals surface area contributed by atoms with Crippen LogP contribution in [-0.2, 0) is 11.2 Å². The molecule has 0 aliphatic carbocycles. The number of carbonyl (C=O) groups is 1. The Morgan fingerprint density at radius 2 is 2.14 bits per heavy atom. The fourth-order valence-electron chi connectivity index (χ4n) is 2.70. The van der Waals surface area contributed by atoms with Gasteiger partial charge in [-0.3, -0.25) is 9.69 Å². The number of rotatable bonds is 3. The number of nitrogens with zero attached hydrogens (tertiary/aromatic N) is 1. The Labute approximate surface area is 133 Å². The monoisotopic (exact) mass is 320 g/mol. The lowest BCUT2D eigenvalue weighted by atomic mass is 10.0. The molecule has 1 unspecified atom stereocenters. The second-order valence-electron chi connectivity index (χ2n) is 5.25. The molecule has 2 aromatic rings. The molecular formula is C16H17ClN2OS. The molecule has 0 saturated carbocycles. The Morgan fingerprint density at radius 3 is 2.90 bits per heavy atom. The maximum Gasteiger partial charge on any atom is 0.238 e. The van der Waals surface area contributed by atoms with E-state index in [1.165, 1.54) is 10.4 Å². The van der Waals surface area contributed by atoms with E-state index < -0.39 is 0 Å². The summed E-state index contributed by atoms with van der Waals surface area (Å²) in [5.74, 6) is 0.0165. The summed E-state index contributed by atoms with van der Waals surface area (Å²) in [7, 11) is 0. The summed E-state index contributed by atoms with van der Waals surface area (Å²) in [4.78, 5) is 15.9. The summed E-state index contributed by atoms with van der Waals surface area (Å²) >= 11 is 7.65. The summed E-state index contributed by atoms with van der Waals surface area (Å²) < 4.78 is 0. The normalized spacial score (nSPS) is 18.3. The number of hydrogen-bond acceptors (Lipinski definition) is 3. The van der Waals surface area contributed by atoms with Crippen LogP contribution in [0.4, 0.5) is 5.69 Å². The van der Waals surface area contributed by atoms with Gasteiger partial charge in [0.1, 0.15) is 0 Å². The van der Waals surface area contributed by atoms with Gasteiger partial charge in [0, 0.05) is 28.2 Å². The number of thiophene rings is 1. The van der Waals surface area contributed by atoms with Gasteiger partial charge in [0.05, 0.1) is 6.54 Å². The number of amides is 1. The summed E-state index contributed by atoms with van der Waals surface area (Å²) in [5, 5.41) is 5.72. The van der Waals surface area contributed by atoms with Crippen LogP contribution in [-0.4, -0.2) is 23.9 Å². The molecule has 0 saturated heterocycles. The van der Waals surface area contributed by atoms with E-state index in [1.807, 2.05) is 23.5 Å². The van der Waals surface area contributed by atoms with Gasteiger partial charge in [0.15, 0.2) is 0 Å². The maximum absolute atomic E-state index is 12.2. The summed E-state index contributed by atoms with van der Waals surface area (Å²) in [6.07, 6.45) is 1.03. The Kier molecular flexibility index (Phi) is 4.29. The number of fused-ring (bicyclic) bond motifs is 1. The van der Waals surface area contributed by atoms with Gasteiger partial charge in [-0.15, -0.1) is 11.3 Å². The van der Waals surface area contributed by atoms with Crippen LogP contribution in [0.15, 0.2) is 35.7 Å². The van der Waals surface area contributed by atoms with Crippen molar-refractivity contribution in [1.82, 2.24) is 4.90 Å². The topological polar surface area (TPSA) is 32.3 Å². The van der Waals surface area contributed by atoms with E-state index in [9.17, 15) is 4.79 Å². The highest BCUT2D eigenvalue weighted by atomic mass is 35.5. The highest BCUT2D eigenvalue weighted by Crippen LogP contribution is 2.32. The van der Waals surface area contributed by atoms with Crippen LogP contribution in [0, 0.1) is 0 Å². The van der Waals surface area contributed by atoms with E-state index in [4.69, 9.17) is 11.6 Å². The van der Waals surface area contributed by atoms with Crippen LogP contribution in [0.1, 0.15) is 23.4 Å². The van der Waals surface area contributed by atoms with Crippen LogP contribution < -0.4 is 5.32 Å². The molecule has 1 aliphatic rings. The number of nitrogens with one attached hydrogen (secondary N) is 1. The standard InChI is InChI=1S/C16H17ClN2OS/c1-11-14-7-9-21-15(14)6-8-19(11)10-16(20)18-13-4-2-12(17)3-5-13/h2-5,7,9,11H,6,8,10H2,1H3,(H,18,20). The van der Waals surface area contributed by atoms with Crippen molar-refractivity contribution < 1.29 is 4.79 Å². The van der Waals surface area contributed by atoms with Gasteiger partial charge in [-0.25, -0.2) is 0 Å². The molecular weight excluding hydrogens is 304 g/mol. The lowest BCUT2D eigenvalue weighted by Crippen LogP contribution is -2.39. The van der Waals surface area contributed by atoms with E-state index in [0.717, 1.165) is 18.7 Å². The fourth-order valence-corrected chi connectivity index (χ4v) is 3.78. The van der Waals surface area contributed by atoms with E-state index in [-0.39, 0.29) is 5.91 Å². The minimum Gasteiger partial charge on any atom is -0.325 e. The minimum absolute atomic E-state index is 0.0165. The zero-order valence-corrected chi connectivity index (χ0v) is 13.4. The SMILES string of the molecule is CC1c2ccsc2CCN1CC(=O)Nc1ccc(Cl)cc1. The lowest BCUT2D eigenvalue weighted by molar-refractivity contribution is -0.117. The maximum atomic E-state index is 12.2. The molecule has 0 radical (unpaired) electrons. The van der Waals surface area contributed by atoms with Crippen LogP contribution in [0.25, 0.3) is 0 Å². The van der Waals surface area contributed by atoms with E-state index in [2.05, 4.69) is 28.6 Å². The predicted octanol–water partition coefficient (Wildman–Crippen LogP) is 3.96. The van der Waals surface area contributed by atoms with Gasteiger partial charge in [-0.05, 0) is 54.6 Å². The second kappa shape index (κ2) is 6.18. The highest BCUT2D eigenvalue weighted by molar-refractivity contribution is 7.10. The third-order valence-corrected chi connectivity index (χ3v) is 5.13. The van der Waals surface area contributed by atoms with Crippen molar-refractivity contribution in [3.05, 3.63) is 51.2 Å². The Morgan fingerprint density at radius 1 is 1.38 bits per heavy atom. The van der Waals surface area contributed by atoms with Crippen LogP contribution >= 0.6 is 22.9 Å². The quantitative estimate of drug-likeness (QED) is 0.928. The molecule has 21 heavy (non-hydrogen) atoms. The molecule has 110 valence electrons. The smallest absolute Gasteiger partial charge is 0.238 e. The summed E-state index contributed by atoms with van der Waals surface area (Å²) in [6, 6.07) is 9.66. The fraction of sp³-hybridized carbons (Fsp3) is 0.312. The molecule has 3 rings (SSSR count). The van der Waals surface area contributed by atoms with E-state index in [1.54, 1.807) is 12.1 Å². The van der Waals surface area contributed by atoms with Crippen molar-refractivity contribution in [3.63, 3.8) is 0 Å². The molecule has 1 aromatic heterocycles. The zero-order valence-electron chi connectivity index (χ0n) is 11.8. The van der Waals surface area contributed by atoms with Gasteiger partial charge in [0.2, 0.25) is 5.91 Å². The molecule has 1 amide bonds. The number of hydrogen-bond donors (Lipinski definition) is 1. The first-order valence-corrected chi connectivity index (χ1v) is 8.25. The third-order valence-electron chi connectivity index (χ3n) is 3.88.